The lowest BCUT2D eigenvalue weighted by molar-refractivity contribution is -0.132. The summed E-state index contributed by atoms with van der Waals surface area (Å²) in [6.45, 7) is 7.97. The van der Waals surface area contributed by atoms with Crippen LogP contribution in [0.25, 0.3) is 6.08 Å². The predicted octanol–water partition coefficient (Wildman–Crippen LogP) is 5.42. The Morgan fingerprint density at radius 1 is 1.00 bits per heavy atom. The zero-order valence-electron chi connectivity index (χ0n) is 22.5. The van der Waals surface area contributed by atoms with Crippen LogP contribution >= 0.6 is 0 Å². The van der Waals surface area contributed by atoms with E-state index < -0.39 is 26.7 Å². The van der Waals surface area contributed by atoms with Gasteiger partial charge in [-0.3, -0.25) is 0 Å². The highest BCUT2D eigenvalue weighted by Gasteiger charge is 2.39. The number of amides is 1. The quantitative estimate of drug-likeness (QED) is 0.127. The molecule has 0 aliphatic rings. The second-order valence-electron chi connectivity index (χ2n) is 8.18. The van der Waals surface area contributed by atoms with Crippen molar-refractivity contribution in [2.24, 2.45) is 0 Å². The number of rotatable bonds is 20. The smallest absolute Gasteiger partial charge is 0.494 e. The second-order valence-corrected chi connectivity index (χ2v) is 10.9. The Kier molecular flexibility index (Phi) is 16.5. The van der Waals surface area contributed by atoms with Crippen molar-refractivity contribution in [3.05, 3.63) is 35.2 Å². The maximum atomic E-state index is 13.8. The number of alkyl carbamates (subject to hydrolysis) is 1. The Bertz CT molecular complexity index is 835. The summed E-state index contributed by atoms with van der Waals surface area (Å²) in [5.41, 5.74) is 0.682. The van der Waals surface area contributed by atoms with Gasteiger partial charge in [-0.05, 0) is 70.2 Å². The summed E-state index contributed by atoms with van der Waals surface area (Å²) in [7, 11) is -1.34. The first kappa shape index (κ1) is 32.6. The van der Waals surface area contributed by atoms with E-state index in [9.17, 15) is 19.1 Å². The summed E-state index contributed by atoms with van der Waals surface area (Å²) in [4.78, 5) is 23.5. The van der Waals surface area contributed by atoms with Gasteiger partial charge in [0.2, 0.25) is 0 Å². The van der Waals surface area contributed by atoms with E-state index in [-0.39, 0.29) is 17.9 Å². The van der Waals surface area contributed by atoms with E-state index in [1.54, 1.807) is 6.07 Å². The van der Waals surface area contributed by atoms with Crippen molar-refractivity contribution in [1.29, 1.82) is 0 Å². The molecule has 0 unspecified atom stereocenters. The molecule has 1 aromatic carbocycles. The molecule has 0 heterocycles. The van der Waals surface area contributed by atoms with Crippen molar-refractivity contribution >= 4 is 26.9 Å². The fourth-order valence-electron chi connectivity index (χ4n) is 3.70. The van der Waals surface area contributed by atoms with E-state index >= 15 is 0 Å². The monoisotopic (exact) mass is 543 g/mol. The van der Waals surface area contributed by atoms with Gasteiger partial charge in [-0.15, -0.1) is 0 Å². The molecule has 0 aliphatic carbocycles. The molecule has 37 heavy (non-hydrogen) atoms. The normalized spacial score (nSPS) is 11.9. The number of halogens is 1. The van der Waals surface area contributed by atoms with E-state index in [0.717, 1.165) is 12.8 Å². The molecule has 210 valence electrons. The summed E-state index contributed by atoms with van der Waals surface area (Å²) in [6, 6.07) is 4.94. The number of benzene rings is 1. The highest BCUT2D eigenvalue weighted by Crippen LogP contribution is 2.21. The Morgan fingerprint density at radius 3 is 2.22 bits per heavy atom. The number of aliphatic carboxylic acids is 1. The lowest BCUT2D eigenvalue weighted by Crippen LogP contribution is -2.46. The third kappa shape index (κ3) is 13.1. The zero-order valence-corrected chi connectivity index (χ0v) is 23.5. The number of hydrogen-bond acceptors (Lipinski definition) is 7. The summed E-state index contributed by atoms with van der Waals surface area (Å²) in [5.74, 6) is -1.46. The molecule has 1 rings (SSSR count). The SMILES string of the molecule is CCO[Si](CCCNC(=O)OCCCCCC/C(=C\c1ccc(OC)c(F)c1)C(=O)O)(OCC)OCC. The minimum atomic E-state index is -2.71. The van der Waals surface area contributed by atoms with Gasteiger partial charge in [0, 0.05) is 38.0 Å². The summed E-state index contributed by atoms with van der Waals surface area (Å²) < 4.78 is 41.3. The first-order chi connectivity index (χ1) is 17.8. The van der Waals surface area contributed by atoms with Gasteiger partial charge >= 0.3 is 20.9 Å². The van der Waals surface area contributed by atoms with E-state index in [1.165, 1.54) is 25.3 Å². The zero-order chi connectivity index (χ0) is 27.5. The Balaban J connectivity index is 2.27. The lowest BCUT2D eigenvalue weighted by Gasteiger charge is -2.28. The molecular formula is C26H42FNO8Si. The number of carbonyl (C=O) groups is 2. The highest BCUT2D eigenvalue weighted by atomic mass is 28.4. The van der Waals surface area contributed by atoms with Gasteiger partial charge in [-0.2, -0.15) is 0 Å². The predicted molar refractivity (Wildman–Crippen MR) is 141 cm³/mol. The number of methoxy groups -OCH3 is 1. The molecule has 1 amide bonds. The van der Waals surface area contributed by atoms with E-state index in [0.29, 0.717) is 63.7 Å². The van der Waals surface area contributed by atoms with Gasteiger partial charge in [-0.1, -0.05) is 18.9 Å². The van der Waals surface area contributed by atoms with Gasteiger partial charge in [0.15, 0.2) is 11.6 Å². The van der Waals surface area contributed by atoms with Crippen LogP contribution in [0.5, 0.6) is 5.75 Å². The second kappa shape index (κ2) is 18.7. The molecule has 11 heteroatoms. The number of nitrogens with one attached hydrogen (secondary N) is 1. The molecule has 0 radical (unpaired) electrons. The average Bonchev–Trinajstić information content (AvgIpc) is 2.86. The molecule has 9 nitrogen and oxygen atoms in total. The number of carboxylic acid groups (broad SMARTS) is 1. The van der Waals surface area contributed by atoms with Crippen molar-refractivity contribution in [2.75, 3.05) is 40.1 Å². The fourth-order valence-corrected chi connectivity index (χ4v) is 6.31. The highest BCUT2D eigenvalue weighted by molar-refractivity contribution is 6.60. The van der Waals surface area contributed by atoms with Gasteiger partial charge < -0.3 is 33.2 Å². The fraction of sp³-hybridized carbons (Fsp3) is 0.615. The molecular weight excluding hydrogens is 501 g/mol. The first-order valence-corrected chi connectivity index (χ1v) is 14.8. The van der Waals surface area contributed by atoms with Crippen LogP contribution in [0, 0.1) is 5.82 Å². The third-order valence-corrected chi connectivity index (χ3v) is 8.54. The van der Waals surface area contributed by atoms with Crippen molar-refractivity contribution in [3.8, 4) is 5.75 Å². The van der Waals surface area contributed by atoms with Crippen molar-refractivity contribution in [2.45, 2.75) is 65.3 Å². The van der Waals surface area contributed by atoms with Crippen molar-refractivity contribution in [3.63, 3.8) is 0 Å². The largest absolute Gasteiger partial charge is 0.500 e. The van der Waals surface area contributed by atoms with Crippen LogP contribution < -0.4 is 10.1 Å². The third-order valence-electron chi connectivity index (χ3n) is 5.39. The van der Waals surface area contributed by atoms with E-state index in [2.05, 4.69) is 5.32 Å². The molecule has 0 aromatic heterocycles. The van der Waals surface area contributed by atoms with Crippen molar-refractivity contribution < 1.29 is 41.8 Å². The maximum Gasteiger partial charge on any atom is 0.500 e. The molecule has 0 saturated heterocycles. The molecule has 0 atom stereocenters. The topological polar surface area (TPSA) is 113 Å². The summed E-state index contributed by atoms with van der Waals surface area (Å²) >= 11 is 0. The number of carboxylic acids is 1. The van der Waals surface area contributed by atoms with Crippen LogP contribution in [0.3, 0.4) is 0 Å². The van der Waals surface area contributed by atoms with Gasteiger partial charge in [-0.25, -0.2) is 14.0 Å². The molecule has 1 aromatic rings. The Hall–Kier alpha value is -2.47. The number of hydrogen-bond donors (Lipinski definition) is 2. The Morgan fingerprint density at radius 2 is 1.65 bits per heavy atom. The lowest BCUT2D eigenvalue weighted by atomic mass is 10.0. The van der Waals surface area contributed by atoms with Crippen molar-refractivity contribution in [1.82, 2.24) is 5.32 Å². The molecule has 0 aliphatic heterocycles. The van der Waals surface area contributed by atoms with Gasteiger partial charge in [0.1, 0.15) is 0 Å². The summed E-state index contributed by atoms with van der Waals surface area (Å²) in [5, 5.41) is 12.2. The van der Waals surface area contributed by atoms with Crippen LogP contribution in [-0.2, 0) is 22.8 Å². The van der Waals surface area contributed by atoms with Crippen LogP contribution in [0.15, 0.2) is 23.8 Å². The van der Waals surface area contributed by atoms with Crippen LogP contribution in [0.4, 0.5) is 9.18 Å². The van der Waals surface area contributed by atoms with Crippen LogP contribution in [0.1, 0.15) is 64.9 Å². The van der Waals surface area contributed by atoms with E-state index in [4.69, 9.17) is 22.8 Å². The maximum absolute atomic E-state index is 13.8. The number of carbonyl (C=O) groups excluding carboxylic acids is 1. The molecule has 0 fully saturated rings. The standard InChI is InChI=1S/C26H42FNO8Si/c1-5-34-37(35-6-2,36-7-3)18-12-16-28-26(31)33-17-11-9-8-10-13-22(25(29)30)19-21-14-15-24(32-4)23(27)20-21/h14-15,19-20H,5-13,16-18H2,1-4H3,(H,28,31)(H,29,30)/b22-19+. The van der Waals surface area contributed by atoms with Gasteiger partial charge in [0.25, 0.3) is 0 Å². The first-order valence-electron chi connectivity index (χ1n) is 12.9. The molecule has 0 saturated carbocycles. The molecule has 0 spiro atoms. The number of unbranched alkanes of at least 4 members (excludes halogenated alkanes) is 3. The van der Waals surface area contributed by atoms with E-state index in [1.807, 2.05) is 20.8 Å². The minimum Gasteiger partial charge on any atom is -0.494 e. The molecule has 0 bridgehead atoms. The minimum absolute atomic E-state index is 0.110. The molecule has 2 N–H and O–H groups in total. The average molecular weight is 544 g/mol. The summed E-state index contributed by atoms with van der Waals surface area (Å²) in [6.07, 6.45) is 4.94. The number of ether oxygens (including phenoxy) is 2. The van der Waals surface area contributed by atoms with Crippen LogP contribution in [-0.4, -0.2) is 66.1 Å². The van der Waals surface area contributed by atoms with Crippen LogP contribution in [0.2, 0.25) is 6.04 Å². The Labute approximate surface area is 220 Å². The van der Waals surface area contributed by atoms with Gasteiger partial charge in [0.05, 0.1) is 13.7 Å².